The summed E-state index contributed by atoms with van der Waals surface area (Å²) in [6.07, 6.45) is 1.29. The van der Waals surface area contributed by atoms with Crippen molar-refractivity contribution in [2.75, 3.05) is 19.5 Å². The van der Waals surface area contributed by atoms with Gasteiger partial charge in [-0.1, -0.05) is 0 Å². The standard InChI is InChI=1S/C23H24F2N8O4/c1-12(16-9-14(24)10-30-20(16)25)37-23(35)32-21(33(2)27)19(26)17-5-4-15(11-29-17)31-22(34)13-6-7-28-18(8-13)36-3/h4-12H,26-27H2,1-3H3,(H,31,34)(H,32,35)/b21-19-/t12-/m1/s1. The topological polar surface area (TPSA) is 171 Å². The SMILES string of the molecule is COc1cc(C(=O)Nc2ccc(/C(N)=C(\NC(=O)O[C@H](C)c3cc(F)cnc3F)N(C)N)nc2)ccn1. The summed E-state index contributed by atoms with van der Waals surface area (Å²) in [5.74, 6) is 3.83. The van der Waals surface area contributed by atoms with E-state index in [1.165, 1.54) is 51.7 Å². The van der Waals surface area contributed by atoms with Crippen LogP contribution < -0.4 is 26.9 Å². The first-order valence-corrected chi connectivity index (χ1v) is 10.6. The van der Waals surface area contributed by atoms with E-state index < -0.39 is 29.9 Å². The number of nitrogens with zero attached hydrogens (tertiary/aromatic N) is 4. The van der Waals surface area contributed by atoms with E-state index in [9.17, 15) is 18.4 Å². The van der Waals surface area contributed by atoms with Crippen LogP contribution in [0.3, 0.4) is 0 Å². The molecule has 0 saturated carbocycles. The third kappa shape index (κ3) is 6.85. The zero-order chi connectivity index (χ0) is 27.1. The van der Waals surface area contributed by atoms with Gasteiger partial charge >= 0.3 is 6.09 Å². The van der Waals surface area contributed by atoms with E-state index in [0.717, 1.165) is 11.1 Å². The highest BCUT2D eigenvalue weighted by Gasteiger charge is 2.20. The first-order chi connectivity index (χ1) is 17.6. The van der Waals surface area contributed by atoms with Crippen molar-refractivity contribution in [3.05, 3.63) is 83.3 Å². The highest BCUT2D eigenvalue weighted by molar-refractivity contribution is 6.04. The first-order valence-electron chi connectivity index (χ1n) is 10.6. The maximum absolute atomic E-state index is 13.9. The molecular weight excluding hydrogens is 490 g/mol. The number of carbonyl (C=O) groups excluding carboxylic acids is 2. The van der Waals surface area contributed by atoms with Crippen LogP contribution in [0.4, 0.5) is 19.3 Å². The predicted octanol–water partition coefficient (Wildman–Crippen LogP) is 2.29. The van der Waals surface area contributed by atoms with Crippen LogP contribution >= 0.6 is 0 Å². The molecule has 37 heavy (non-hydrogen) atoms. The van der Waals surface area contributed by atoms with Gasteiger partial charge in [0.05, 0.1) is 36.4 Å². The maximum Gasteiger partial charge on any atom is 0.413 e. The minimum Gasteiger partial charge on any atom is -0.481 e. The largest absolute Gasteiger partial charge is 0.481 e. The lowest BCUT2D eigenvalue weighted by molar-refractivity contribution is 0.102. The third-order valence-corrected chi connectivity index (χ3v) is 4.89. The molecule has 0 spiro atoms. The zero-order valence-electron chi connectivity index (χ0n) is 20.0. The second-order valence-corrected chi connectivity index (χ2v) is 7.55. The molecule has 0 aliphatic rings. The molecule has 0 saturated heterocycles. The van der Waals surface area contributed by atoms with E-state index in [4.69, 9.17) is 21.1 Å². The number of hydrazine groups is 1. The van der Waals surface area contributed by atoms with Crippen molar-refractivity contribution >= 4 is 23.4 Å². The number of nitrogens with two attached hydrogens (primary N) is 2. The number of hydrogen-bond donors (Lipinski definition) is 4. The summed E-state index contributed by atoms with van der Waals surface area (Å²) in [5, 5.41) is 6.05. The fourth-order valence-corrected chi connectivity index (χ4v) is 3.03. The summed E-state index contributed by atoms with van der Waals surface area (Å²) in [4.78, 5) is 36.3. The lowest BCUT2D eigenvalue weighted by Gasteiger charge is -2.21. The van der Waals surface area contributed by atoms with E-state index in [0.29, 0.717) is 17.4 Å². The Labute approximate surface area is 210 Å². The molecule has 3 aromatic heterocycles. The fourth-order valence-electron chi connectivity index (χ4n) is 3.03. The van der Waals surface area contributed by atoms with Crippen LogP contribution in [0, 0.1) is 11.8 Å². The summed E-state index contributed by atoms with van der Waals surface area (Å²) in [6.45, 7) is 1.34. The van der Waals surface area contributed by atoms with Crippen molar-refractivity contribution < 1.29 is 27.8 Å². The van der Waals surface area contributed by atoms with Gasteiger partial charge in [-0.25, -0.2) is 25.0 Å². The van der Waals surface area contributed by atoms with Crippen molar-refractivity contribution in [3.8, 4) is 5.88 Å². The van der Waals surface area contributed by atoms with E-state index in [1.54, 1.807) is 6.07 Å². The summed E-state index contributed by atoms with van der Waals surface area (Å²) in [6, 6.07) is 6.90. The molecule has 0 fully saturated rings. The number of amides is 2. The van der Waals surface area contributed by atoms with Crippen molar-refractivity contribution in [1.82, 2.24) is 25.3 Å². The Morgan fingerprint density at radius 3 is 2.51 bits per heavy atom. The Hall–Kier alpha value is -4.85. The van der Waals surface area contributed by atoms with Gasteiger partial charge in [-0.2, -0.15) is 4.39 Å². The van der Waals surface area contributed by atoms with Gasteiger partial charge in [-0.05, 0) is 31.2 Å². The van der Waals surface area contributed by atoms with Crippen LogP contribution in [0.5, 0.6) is 5.88 Å². The smallest absolute Gasteiger partial charge is 0.413 e. The van der Waals surface area contributed by atoms with E-state index in [-0.39, 0.29) is 28.7 Å². The lowest BCUT2D eigenvalue weighted by Crippen LogP contribution is -2.39. The fraction of sp³-hybridized carbons (Fsp3) is 0.174. The van der Waals surface area contributed by atoms with Gasteiger partial charge in [-0.3, -0.25) is 20.1 Å². The molecule has 0 aromatic carbocycles. The number of carbonyl (C=O) groups is 2. The highest BCUT2D eigenvalue weighted by Crippen LogP contribution is 2.21. The van der Waals surface area contributed by atoms with E-state index >= 15 is 0 Å². The molecule has 0 aliphatic carbocycles. The molecule has 0 unspecified atom stereocenters. The quantitative estimate of drug-likeness (QED) is 0.199. The van der Waals surface area contributed by atoms with Crippen LogP contribution in [0.1, 0.15) is 34.6 Å². The maximum atomic E-state index is 13.9. The minimum absolute atomic E-state index is 0.0371. The van der Waals surface area contributed by atoms with Crippen molar-refractivity contribution in [2.45, 2.75) is 13.0 Å². The number of rotatable bonds is 8. The predicted molar refractivity (Wildman–Crippen MR) is 128 cm³/mol. The third-order valence-electron chi connectivity index (χ3n) is 4.89. The molecule has 1 atom stereocenters. The average molecular weight is 514 g/mol. The van der Waals surface area contributed by atoms with Gasteiger partial charge < -0.3 is 20.5 Å². The number of alkyl carbamates (subject to hydrolysis) is 1. The number of aromatic nitrogens is 3. The van der Waals surface area contributed by atoms with Crippen LogP contribution in [0.2, 0.25) is 0 Å². The van der Waals surface area contributed by atoms with Crippen molar-refractivity contribution in [3.63, 3.8) is 0 Å². The molecule has 3 heterocycles. The van der Waals surface area contributed by atoms with Gasteiger partial charge in [-0.15, -0.1) is 0 Å². The molecule has 6 N–H and O–H groups in total. The van der Waals surface area contributed by atoms with E-state index in [2.05, 4.69) is 25.6 Å². The molecule has 2 amide bonds. The normalized spacial score (nSPS) is 12.2. The number of nitrogens with one attached hydrogen (secondary N) is 2. The Morgan fingerprint density at radius 1 is 1.11 bits per heavy atom. The number of pyridine rings is 3. The highest BCUT2D eigenvalue weighted by atomic mass is 19.1. The molecule has 3 aromatic rings. The molecule has 12 nitrogen and oxygen atoms in total. The summed E-state index contributed by atoms with van der Waals surface area (Å²) in [5.41, 5.74) is 6.77. The second-order valence-electron chi connectivity index (χ2n) is 7.55. The number of anilines is 1. The Balaban J connectivity index is 1.72. The van der Waals surface area contributed by atoms with Crippen LogP contribution in [0.25, 0.3) is 5.70 Å². The Morgan fingerprint density at radius 2 is 1.86 bits per heavy atom. The monoisotopic (exact) mass is 514 g/mol. The number of halogens is 2. The number of methoxy groups -OCH3 is 1. The molecular formula is C23H24F2N8O4. The van der Waals surface area contributed by atoms with Crippen LogP contribution in [0.15, 0.2) is 54.7 Å². The molecule has 0 aliphatic heterocycles. The molecule has 3 rings (SSSR count). The summed E-state index contributed by atoms with van der Waals surface area (Å²) in [7, 11) is 2.84. The molecule has 194 valence electrons. The van der Waals surface area contributed by atoms with Gasteiger partial charge in [0.2, 0.25) is 11.8 Å². The lowest BCUT2D eigenvalue weighted by atomic mass is 10.2. The number of hydrogen-bond acceptors (Lipinski definition) is 10. The Kier molecular flexibility index (Phi) is 8.47. The summed E-state index contributed by atoms with van der Waals surface area (Å²) >= 11 is 0. The average Bonchev–Trinajstić information content (AvgIpc) is 2.88. The van der Waals surface area contributed by atoms with E-state index in [1.807, 2.05) is 0 Å². The van der Waals surface area contributed by atoms with Crippen LogP contribution in [-0.4, -0.2) is 46.1 Å². The molecule has 0 bridgehead atoms. The number of ether oxygens (including phenoxy) is 2. The second kappa shape index (κ2) is 11.7. The van der Waals surface area contributed by atoms with Crippen molar-refractivity contribution in [1.29, 1.82) is 0 Å². The van der Waals surface area contributed by atoms with Crippen molar-refractivity contribution in [2.24, 2.45) is 11.6 Å². The van der Waals surface area contributed by atoms with Crippen LogP contribution in [-0.2, 0) is 4.74 Å². The Bertz CT molecular complexity index is 1320. The minimum atomic E-state index is -1.17. The van der Waals surface area contributed by atoms with Gasteiger partial charge in [0.1, 0.15) is 17.6 Å². The van der Waals surface area contributed by atoms with Gasteiger partial charge in [0.25, 0.3) is 5.91 Å². The summed E-state index contributed by atoms with van der Waals surface area (Å²) < 4.78 is 37.4. The first kappa shape index (κ1) is 26.7. The van der Waals surface area contributed by atoms with Gasteiger partial charge in [0, 0.05) is 24.9 Å². The molecule has 0 radical (unpaired) electrons. The molecule has 14 heteroatoms. The van der Waals surface area contributed by atoms with Gasteiger partial charge in [0.15, 0.2) is 5.82 Å². The zero-order valence-corrected chi connectivity index (χ0v) is 20.0.